The number of hydrogen-bond acceptors (Lipinski definition) is 3. The molecule has 1 unspecified atom stereocenters. The molecule has 0 aromatic heterocycles. The number of carbonyl (C=O) groups is 1. The summed E-state index contributed by atoms with van der Waals surface area (Å²) in [5.41, 5.74) is 0.787. The highest BCUT2D eigenvalue weighted by Gasteiger charge is 2.20. The molecule has 0 saturated heterocycles. The number of benzene rings is 1. The molecular weight excluding hydrogens is 264 g/mol. The van der Waals surface area contributed by atoms with Crippen LogP contribution in [0.4, 0.5) is 0 Å². The van der Waals surface area contributed by atoms with E-state index in [-0.39, 0.29) is 12.2 Å². The predicted octanol–water partition coefficient (Wildman–Crippen LogP) is 3.44. The molecule has 0 saturated carbocycles. The second kappa shape index (κ2) is 7.77. The molecule has 0 fully saturated rings. The molecule has 0 radical (unpaired) electrons. The molecule has 1 rings (SSSR count). The molecule has 0 amide bonds. The first-order chi connectivity index (χ1) is 9.10. The normalized spacial score (nSPS) is 13.6. The van der Waals surface area contributed by atoms with Crippen molar-refractivity contribution in [2.75, 3.05) is 6.61 Å². The summed E-state index contributed by atoms with van der Waals surface area (Å²) in [4.78, 5) is 11.8. The number of hydrogen-bond donors (Lipinski definition) is 1. The van der Waals surface area contributed by atoms with Crippen LogP contribution in [0.5, 0.6) is 0 Å². The summed E-state index contributed by atoms with van der Waals surface area (Å²) in [5.74, 6) is -0.525. The number of carbonyl (C=O) groups excluding carboxylic acids is 1. The van der Waals surface area contributed by atoms with Crippen LogP contribution in [0, 0.1) is 0 Å². The summed E-state index contributed by atoms with van der Waals surface area (Å²) in [6.07, 6.45) is 3.98. The lowest BCUT2D eigenvalue weighted by molar-refractivity contribution is -0.139. The Balaban J connectivity index is 3.03. The number of rotatable bonds is 5. The molecule has 1 aromatic rings. The maximum atomic E-state index is 11.8. The molecule has 1 aromatic carbocycles. The van der Waals surface area contributed by atoms with Crippen molar-refractivity contribution in [3.63, 3.8) is 0 Å². The van der Waals surface area contributed by atoms with E-state index in [1.54, 1.807) is 49.4 Å². The van der Waals surface area contributed by atoms with Gasteiger partial charge in [0.1, 0.15) is 6.10 Å². The van der Waals surface area contributed by atoms with E-state index < -0.39 is 12.1 Å². The third-order valence-electron chi connectivity index (χ3n) is 2.46. The molecule has 0 aliphatic rings. The monoisotopic (exact) mass is 280 g/mol. The van der Waals surface area contributed by atoms with Gasteiger partial charge in [0.15, 0.2) is 0 Å². The van der Waals surface area contributed by atoms with Gasteiger partial charge in [-0.3, -0.25) is 0 Å². The van der Waals surface area contributed by atoms with Crippen molar-refractivity contribution in [2.24, 2.45) is 0 Å². The fourth-order valence-electron chi connectivity index (χ4n) is 1.51. The Hall–Kier alpha value is -1.58. The topological polar surface area (TPSA) is 46.5 Å². The molecule has 3 nitrogen and oxygen atoms in total. The van der Waals surface area contributed by atoms with E-state index in [1.165, 1.54) is 0 Å². The largest absolute Gasteiger partial charge is 0.463 e. The molecule has 0 spiro atoms. The van der Waals surface area contributed by atoms with Gasteiger partial charge in [-0.25, -0.2) is 4.79 Å². The molecule has 1 atom stereocenters. The van der Waals surface area contributed by atoms with Crippen molar-refractivity contribution < 1.29 is 14.6 Å². The van der Waals surface area contributed by atoms with E-state index in [4.69, 9.17) is 16.3 Å². The first kappa shape index (κ1) is 15.5. The number of aliphatic hydroxyl groups excluding tert-OH is 1. The Bertz CT molecular complexity index is 475. The highest BCUT2D eigenvalue weighted by atomic mass is 35.5. The fraction of sp³-hybridized carbons (Fsp3) is 0.267. The average Bonchev–Trinajstić information content (AvgIpc) is 2.40. The number of halogens is 1. The minimum Gasteiger partial charge on any atom is -0.463 e. The van der Waals surface area contributed by atoms with Crippen LogP contribution in [0.1, 0.15) is 25.5 Å². The first-order valence-electron chi connectivity index (χ1n) is 6.03. The van der Waals surface area contributed by atoms with Crippen LogP contribution in [-0.4, -0.2) is 17.7 Å². The second-order valence-corrected chi connectivity index (χ2v) is 4.26. The van der Waals surface area contributed by atoms with E-state index in [0.717, 1.165) is 0 Å². The highest BCUT2D eigenvalue weighted by molar-refractivity contribution is 6.30. The van der Waals surface area contributed by atoms with Gasteiger partial charge in [-0.15, -0.1) is 0 Å². The molecule has 0 aliphatic heterocycles. The molecule has 19 heavy (non-hydrogen) atoms. The Morgan fingerprint density at radius 1 is 1.42 bits per heavy atom. The smallest absolute Gasteiger partial charge is 0.337 e. The summed E-state index contributed by atoms with van der Waals surface area (Å²) in [5, 5.41) is 10.8. The van der Waals surface area contributed by atoms with Gasteiger partial charge in [-0.1, -0.05) is 35.9 Å². The number of esters is 1. The SMILES string of the molecule is C/C=C\C=C(\C(=O)OCC)C(O)c1ccc(Cl)cc1. The molecular formula is C15H17ClO3. The summed E-state index contributed by atoms with van der Waals surface area (Å²) in [6.45, 7) is 3.81. The van der Waals surface area contributed by atoms with Gasteiger partial charge in [0, 0.05) is 5.02 Å². The van der Waals surface area contributed by atoms with Crippen LogP contribution in [0.2, 0.25) is 5.02 Å². The summed E-state index contributed by atoms with van der Waals surface area (Å²) in [6, 6.07) is 6.68. The lowest BCUT2D eigenvalue weighted by Gasteiger charge is -2.14. The molecule has 4 heteroatoms. The number of aliphatic hydroxyl groups is 1. The van der Waals surface area contributed by atoms with Gasteiger partial charge in [-0.2, -0.15) is 0 Å². The van der Waals surface area contributed by atoms with E-state index in [0.29, 0.717) is 10.6 Å². The Morgan fingerprint density at radius 2 is 2.05 bits per heavy atom. The van der Waals surface area contributed by atoms with E-state index in [1.807, 2.05) is 6.92 Å². The van der Waals surface area contributed by atoms with Crippen molar-refractivity contribution in [3.05, 3.63) is 58.7 Å². The maximum Gasteiger partial charge on any atom is 0.337 e. The van der Waals surface area contributed by atoms with Gasteiger partial charge in [0.05, 0.1) is 12.2 Å². The molecule has 0 aliphatic carbocycles. The van der Waals surface area contributed by atoms with Crippen molar-refractivity contribution in [2.45, 2.75) is 20.0 Å². The van der Waals surface area contributed by atoms with Crippen LogP contribution in [0.3, 0.4) is 0 Å². The predicted molar refractivity (Wildman–Crippen MR) is 75.9 cm³/mol. The lowest BCUT2D eigenvalue weighted by atomic mass is 10.0. The van der Waals surface area contributed by atoms with Gasteiger partial charge >= 0.3 is 5.97 Å². The minimum atomic E-state index is -1.03. The second-order valence-electron chi connectivity index (χ2n) is 3.82. The van der Waals surface area contributed by atoms with E-state index in [9.17, 15) is 9.90 Å². The standard InChI is InChI=1S/C15H17ClO3/c1-3-5-6-13(15(18)19-4-2)14(17)11-7-9-12(16)10-8-11/h3,5-10,14,17H,4H2,1-2H3/b5-3-,13-6+. The number of allylic oxidation sites excluding steroid dienone is 3. The van der Waals surface area contributed by atoms with Gasteiger partial charge in [0.2, 0.25) is 0 Å². The Morgan fingerprint density at radius 3 is 2.58 bits per heavy atom. The van der Waals surface area contributed by atoms with Gasteiger partial charge in [0.25, 0.3) is 0 Å². The van der Waals surface area contributed by atoms with Gasteiger partial charge < -0.3 is 9.84 Å². The van der Waals surface area contributed by atoms with Crippen LogP contribution in [-0.2, 0) is 9.53 Å². The van der Waals surface area contributed by atoms with Crippen LogP contribution in [0.15, 0.2) is 48.1 Å². The Labute approximate surface area is 118 Å². The zero-order valence-electron chi connectivity index (χ0n) is 11.0. The summed E-state index contributed by atoms with van der Waals surface area (Å²) >= 11 is 5.79. The zero-order chi connectivity index (χ0) is 14.3. The van der Waals surface area contributed by atoms with E-state index in [2.05, 4.69) is 0 Å². The van der Waals surface area contributed by atoms with Crippen molar-refractivity contribution in [3.8, 4) is 0 Å². The zero-order valence-corrected chi connectivity index (χ0v) is 11.7. The first-order valence-corrected chi connectivity index (χ1v) is 6.41. The fourth-order valence-corrected chi connectivity index (χ4v) is 1.64. The van der Waals surface area contributed by atoms with Crippen molar-refractivity contribution >= 4 is 17.6 Å². The Kier molecular flexibility index (Phi) is 6.33. The van der Waals surface area contributed by atoms with Crippen LogP contribution < -0.4 is 0 Å². The quantitative estimate of drug-likeness (QED) is 0.510. The summed E-state index contributed by atoms with van der Waals surface area (Å²) in [7, 11) is 0. The highest BCUT2D eigenvalue weighted by Crippen LogP contribution is 2.24. The van der Waals surface area contributed by atoms with Crippen LogP contribution >= 0.6 is 11.6 Å². The maximum absolute atomic E-state index is 11.8. The van der Waals surface area contributed by atoms with Crippen LogP contribution in [0.25, 0.3) is 0 Å². The third kappa shape index (κ3) is 4.54. The molecule has 0 heterocycles. The molecule has 0 bridgehead atoms. The van der Waals surface area contributed by atoms with Gasteiger partial charge in [-0.05, 0) is 37.6 Å². The van der Waals surface area contributed by atoms with E-state index >= 15 is 0 Å². The summed E-state index contributed by atoms with van der Waals surface area (Å²) < 4.78 is 4.94. The lowest BCUT2D eigenvalue weighted by Crippen LogP contribution is -2.14. The third-order valence-corrected chi connectivity index (χ3v) is 2.71. The average molecular weight is 281 g/mol. The van der Waals surface area contributed by atoms with Crippen molar-refractivity contribution in [1.82, 2.24) is 0 Å². The molecule has 102 valence electrons. The number of ether oxygens (including phenoxy) is 1. The molecule has 1 N–H and O–H groups in total. The minimum absolute atomic E-state index is 0.197. The van der Waals surface area contributed by atoms with Crippen molar-refractivity contribution in [1.29, 1.82) is 0 Å².